The number of aromatic nitrogens is 2. The van der Waals surface area contributed by atoms with E-state index in [0.29, 0.717) is 0 Å². The van der Waals surface area contributed by atoms with Gasteiger partial charge in [-0.05, 0) is 25.7 Å². The van der Waals surface area contributed by atoms with Gasteiger partial charge in [-0.15, -0.1) is 0 Å². The molecule has 1 atom stereocenters. The zero-order valence-electron chi connectivity index (χ0n) is 12.5. The molecule has 3 rings (SSSR count). The zero-order valence-corrected chi connectivity index (χ0v) is 12.5. The molecule has 2 fully saturated rings. The molecule has 0 aromatic carbocycles. The van der Waals surface area contributed by atoms with E-state index >= 15 is 0 Å². The quantitative estimate of drug-likeness (QED) is 0.824. The van der Waals surface area contributed by atoms with Crippen LogP contribution >= 0.6 is 0 Å². The average molecular weight is 276 g/mol. The normalized spacial score (nSPS) is 24.0. The number of morpholine rings is 1. The van der Waals surface area contributed by atoms with Gasteiger partial charge in [-0.3, -0.25) is 0 Å². The highest BCUT2D eigenvalue weighted by atomic mass is 16.5. The Kier molecular flexibility index (Phi) is 4.05. The number of aryl methyl sites for hydroxylation is 1. The molecular weight excluding hydrogens is 252 g/mol. The predicted octanol–water partition coefficient (Wildman–Crippen LogP) is 1.86. The number of ether oxygens (including phenoxy) is 1. The van der Waals surface area contributed by atoms with Crippen molar-refractivity contribution in [1.82, 2.24) is 9.97 Å². The van der Waals surface area contributed by atoms with Crippen molar-refractivity contribution in [2.45, 2.75) is 26.7 Å². The highest BCUT2D eigenvalue weighted by Crippen LogP contribution is 2.23. The number of piperidine rings is 1. The third kappa shape index (κ3) is 3.03. The van der Waals surface area contributed by atoms with Crippen molar-refractivity contribution in [2.24, 2.45) is 5.92 Å². The number of anilines is 2. The van der Waals surface area contributed by atoms with E-state index in [0.717, 1.165) is 62.8 Å². The molecule has 2 aliphatic heterocycles. The van der Waals surface area contributed by atoms with Crippen LogP contribution in [0.5, 0.6) is 0 Å². The second-order valence-electron chi connectivity index (χ2n) is 5.96. The molecule has 20 heavy (non-hydrogen) atoms. The summed E-state index contributed by atoms with van der Waals surface area (Å²) in [7, 11) is 0. The predicted molar refractivity (Wildman–Crippen MR) is 80.4 cm³/mol. The van der Waals surface area contributed by atoms with E-state index in [1.807, 2.05) is 0 Å². The topological polar surface area (TPSA) is 41.5 Å². The number of hydrogen-bond acceptors (Lipinski definition) is 5. The van der Waals surface area contributed by atoms with Crippen LogP contribution in [0, 0.1) is 12.8 Å². The minimum Gasteiger partial charge on any atom is -0.378 e. The standard InChI is InChI=1S/C15H24N4O/c1-12-4-3-5-19(11-12)15-16-13(2)10-14(17-15)18-6-8-20-9-7-18/h10,12H,3-9,11H2,1-2H3. The number of rotatable bonds is 2. The maximum atomic E-state index is 5.42. The Hall–Kier alpha value is -1.36. The minimum atomic E-state index is 0.736. The van der Waals surface area contributed by atoms with Gasteiger partial charge in [0, 0.05) is 37.9 Å². The van der Waals surface area contributed by atoms with E-state index in [-0.39, 0.29) is 0 Å². The molecule has 0 radical (unpaired) electrons. The summed E-state index contributed by atoms with van der Waals surface area (Å²) < 4.78 is 5.42. The van der Waals surface area contributed by atoms with E-state index in [2.05, 4.69) is 34.7 Å². The molecule has 1 unspecified atom stereocenters. The van der Waals surface area contributed by atoms with Crippen LogP contribution in [0.25, 0.3) is 0 Å². The van der Waals surface area contributed by atoms with Crippen molar-refractivity contribution >= 4 is 11.8 Å². The van der Waals surface area contributed by atoms with Crippen LogP contribution in [0.4, 0.5) is 11.8 Å². The first kappa shape index (κ1) is 13.6. The van der Waals surface area contributed by atoms with E-state index in [9.17, 15) is 0 Å². The van der Waals surface area contributed by atoms with Crippen molar-refractivity contribution < 1.29 is 4.74 Å². The summed E-state index contributed by atoms with van der Waals surface area (Å²) in [4.78, 5) is 14.1. The first-order valence-electron chi connectivity index (χ1n) is 7.66. The summed E-state index contributed by atoms with van der Waals surface area (Å²) in [5.74, 6) is 2.69. The summed E-state index contributed by atoms with van der Waals surface area (Å²) in [6.07, 6.45) is 2.56. The third-order valence-corrected chi connectivity index (χ3v) is 4.10. The Morgan fingerprint density at radius 1 is 1.15 bits per heavy atom. The zero-order chi connectivity index (χ0) is 13.9. The van der Waals surface area contributed by atoms with Crippen LogP contribution in [0.2, 0.25) is 0 Å². The van der Waals surface area contributed by atoms with Gasteiger partial charge in [-0.1, -0.05) is 6.92 Å². The molecule has 0 saturated carbocycles. The molecule has 1 aromatic rings. The minimum absolute atomic E-state index is 0.736. The lowest BCUT2D eigenvalue weighted by Gasteiger charge is -2.33. The van der Waals surface area contributed by atoms with Crippen LogP contribution in [-0.4, -0.2) is 49.4 Å². The molecule has 5 nitrogen and oxygen atoms in total. The highest BCUT2D eigenvalue weighted by molar-refractivity contribution is 5.46. The second kappa shape index (κ2) is 5.95. The second-order valence-corrected chi connectivity index (χ2v) is 5.96. The fourth-order valence-corrected chi connectivity index (χ4v) is 3.00. The van der Waals surface area contributed by atoms with Crippen molar-refractivity contribution in [2.75, 3.05) is 49.2 Å². The van der Waals surface area contributed by atoms with E-state index in [1.54, 1.807) is 0 Å². The molecule has 0 bridgehead atoms. The van der Waals surface area contributed by atoms with Crippen molar-refractivity contribution in [3.05, 3.63) is 11.8 Å². The SMILES string of the molecule is Cc1cc(N2CCOCC2)nc(N2CCCC(C)C2)n1. The van der Waals surface area contributed by atoms with Crippen LogP contribution in [0.3, 0.4) is 0 Å². The molecule has 1 aromatic heterocycles. The first-order valence-corrected chi connectivity index (χ1v) is 7.66. The Bertz CT molecular complexity index is 459. The lowest BCUT2D eigenvalue weighted by atomic mass is 10.0. The van der Waals surface area contributed by atoms with E-state index in [1.165, 1.54) is 12.8 Å². The number of hydrogen-bond donors (Lipinski definition) is 0. The summed E-state index contributed by atoms with van der Waals surface area (Å²) in [6.45, 7) is 9.95. The fraction of sp³-hybridized carbons (Fsp3) is 0.733. The van der Waals surface area contributed by atoms with Crippen LogP contribution in [-0.2, 0) is 4.74 Å². The Morgan fingerprint density at radius 2 is 1.95 bits per heavy atom. The molecule has 0 spiro atoms. The van der Waals surface area contributed by atoms with Crippen LogP contribution < -0.4 is 9.80 Å². The lowest BCUT2D eigenvalue weighted by molar-refractivity contribution is 0.122. The van der Waals surface area contributed by atoms with Crippen LogP contribution in [0.15, 0.2) is 6.07 Å². The molecule has 2 aliphatic rings. The smallest absolute Gasteiger partial charge is 0.227 e. The van der Waals surface area contributed by atoms with Crippen LogP contribution in [0.1, 0.15) is 25.5 Å². The fourth-order valence-electron chi connectivity index (χ4n) is 3.00. The number of nitrogens with zero attached hydrogens (tertiary/aromatic N) is 4. The summed E-state index contributed by atoms with van der Waals surface area (Å²) in [5, 5.41) is 0. The largest absolute Gasteiger partial charge is 0.378 e. The highest BCUT2D eigenvalue weighted by Gasteiger charge is 2.21. The average Bonchev–Trinajstić information content (AvgIpc) is 2.47. The summed E-state index contributed by atoms with van der Waals surface area (Å²) in [5.41, 5.74) is 1.05. The molecule has 3 heterocycles. The molecule has 5 heteroatoms. The van der Waals surface area contributed by atoms with Gasteiger partial charge in [0.1, 0.15) is 5.82 Å². The van der Waals surface area contributed by atoms with Crippen molar-refractivity contribution in [3.63, 3.8) is 0 Å². The van der Waals surface area contributed by atoms with E-state index in [4.69, 9.17) is 9.72 Å². The molecule has 2 saturated heterocycles. The van der Waals surface area contributed by atoms with Gasteiger partial charge >= 0.3 is 0 Å². The lowest BCUT2D eigenvalue weighted by Crippen LogP contribution is -2.38. The van der Waals surface area contributed by atoms with Gasteiger partial charge in [0.25, 0.3) is 0 Å². The Morgan fingerprint density at radius 3 is 2.70 bits per heavy atom. The molecule has 0 amide bonds. The summed E-state index contributed by atoms with van der Waals surface area (Å²) in [6, 6.07) is 2.09. The van der Waals surface area contributed by atoms with Gasteiger partial charge in [0.05, 0.1) is 13.2 Å². The molecule has 110 valence electrons. The maximum absolute atomic E-state index is 5.42. The molecular formula is C15H24N4O. The third-order valence-electron chi connectivity index (χ3n) is 4.10. The van der Waals surface area contributed by atoms with Gasteiger partial charge in [-0.2, -0.15) is 4.98 Å². The first-order chi connectivity index (χ1) is 9.72. The Labute approximate surface area is 121 Å². The van der Waals surface area contributed by atoms with Gasteiger partial charge in [0.15, 0.2) is 0 Å². The monoisotopic (exact) mass is 276 g/mol. The maximum Gasteiger partial charge on any atom is 0.227 e. The van der Waals surface area contributed by atoms with Gasteiger partial charge in [-0.25, -0.2) is 4.98 Å². The van der Waals surface area contributed by atoms with Crippen molar-refractivity contribution in [1.29, 1.82) is 0 Å². The molecule has 0 aliphatic carbocycles. The molecule has 0 N–H and O–H groups in total. The Balaban J connectivity index is 1.82. The van der Waals surface area contributed by atoms with Gasteiger partial charge < -0.3 is 14.5 Å². The van der Waals surface area contributed by atoms with Crippen molar-refractivity contribution in [3.8, 4) is 0 Å². The van der Waals surface area contributed by atoms with E-state index < -0.39 is 0 Å². The summed E-state index contributed by atoms with van der Waals surface area (Å²) >= 11 is 0. The van der Waals surface area contributed by atoms with Gasteiger partial charge in [0.2, 0.25) is 5.95 Å².